The first kappa shape index (κ1) is 27.8. The van der Waals surface area contributed by atoms with Gasteiger partial charge in [0.05, 0.1) is 13.7 Å². The van der Waals surface area contributed by atoms with Gasteiger partial charge in [0.25, 0.3) is 13.7 Å². The van der Waals surface area contributed by atoms with Crippen molar-refractivity contribution in [1.82, 2.24) is 14.4 Å². The van der Waals surface area contributed by atoms with Crippen LogP contribution in [0.3, 0.4) is 0 Å². The molecule has 12 nitrogen and oxygen atoms in total. The average molecular weight is 529 g/mol. The number of ether oxygens (including phenoxy) is 2. The Balaban J connectivity index is 1.80. The standard InChI is InChI=1S/C22H29FN3O9P/c1-13(2)17(19(29)32-4)26(35-14-8-6-5-7-9-14)36(31)33-12-15-18(28)22(3,23)20(34-15)25-11-10-16(27)24-21(25)30/h5-11,13,15,17-18,20,28,36H,12H2,1-4H3,(H,24,27,30)/t15-,17?,18-,20-,22-/m1/s1. The fraction of sp³-hybridized carbons (Fsp3) is 0.500. The number of carbonyl (C=O) groups is 1. The summed E-state index contributed by atoms with van der Waals surface area (Å²) in [7, 11) is -2.15. The third kappa shape index (κ3) is 5.93. The Bertz CT molecular complexity index is 1190. The van der Waals surface area contributed by atoms with Crippen molar-refractivity contribution in [3.05, 3.63) is 63.4 Å². The molecule has 3 rings (SSSR count). The summed E-state index contributed by atoms with van der Waals surface area (Å²) in [5.74, 6) is -0.841. The molecule has 0 amide bonds. The molecule has 1 aromatic heterocycles. The second-order valence-electron chi connectivity index (χ2n) is 8.66. The number of nitrogens with one attached hydrogen (secondary N) is 1. The Hall–Kier alpha value is -2.83. The maximum atomic E-state index is 15.4. The van der Waals surface area contributed by atoms with Crippen LogP contribution in [0.15, 0.2) is 52.2 Å². The zero-order valence-electron chi connectivity index (χ0n) is 20.1. The highest BCUT2D eigenvalue weighted by molar-refractivity contribution is 7.36. The number of aromatic amines is 1. The SMILES string of the molecule is COC(=O)C(C(C)C)N(Oc1ccccc1)[PH](=O)OC[C@H]1O[C@@H](n2ccc(=O)[nH]c2=O)[C@](C)(F)[C@@H]1O. The number of aromatic nitrogens is 2. The molecule has 6 atom stereocenters. The number of para-hydroxylation sites is 1. The molecule has 1 aliphatic rings. The van der Waals surface area contributed by atoms with Crippen LogP contribution in [-0.2, 0) is 23.4 Å². The summed E-state index contributed by atoms with van der Waals surface area (Å²) < 4.78 is 45.2. The van der Waals surface area contributed by atoms with Crippen molar-refractivity contribution in [3.63, 3.8) is 0 Å². The lowest BCUT2D eigenvalue weighted by molar-refractivity contribution is -0.156. The number of aliphatic hydroxyl groups excluding tert-OH is 1. The molecule has 0 spiro atoms. The molecule has 1 fully saturated rings. The van der Waals surface area contributed by atoms with Crippen LogP contribution in [0.5, 0.6) is 5.75 Å². The minimum atomic E-state index is -3.33. The fourth-order valence-corrected chi connectivity index (χ4v) is 4.99. The summed E-state index contributed by atoms with van der Waals surface area (Å²) in [5, 5.41) is 10.5. The molecule has 1 saturated heterocycles. The van der Waals surface area contributed by atoms with Crippen LogP contribution >= 0.6 is 8.18 Å². The second-order valence-corrected chi connectivity index (χ2v) is 9.92. The van der Waals surface area contributed by atoms with Crippen LogP contribution in [-0.4, -0.2) is 63.1 Å². The number of nitrogens with zero attached hydrogens (tertiary/aromatic N) is 2. The zero-order chi connectivity index (χ0) is 26.6. The van der Waals surface area contributed by atoms with E-state index in [1.54, 1.807) is 44.2 Å². The van der Waals surface area contributed by atoms with Crippen LogP contribution in [0.25, 0.3) is 0 Å². The van der Waals surface area contributed by atoms with E-state index in [4.69, 9.17) is 18.8 Å². The molecule has 198 valence electrons. The van der Waals surface area contributed by atoms with Crippen LogP contribution < -0.4 is 16.1 Å². The lowest BCUT2D eigenvalue weighted by atomic mass is 9.98. The number of carbonyl (C=O) groups excluding carboxylic acids is 1. The van der Waals surface area contributed by atoms with Gasteiger partial charge in [-0.1, -0.05) is 36.9 Å². The highest BCUT2D eigenvalue weighted by atomic mass is 31.1. The van der Waals surface area contributed by atoms with Gasteiger partial charge < -0.3 is 23.9 Å². The quantitative estimate of drug-likeness (QED) is 0.263. The third-order valence-corrected chi connectivity index (χ3v) is 6.79. The minimum absolute atomic E-state index is 0.278. The summed E-state index contributed by atoms with van der Waals surface area (Å²) in [4.78, 5) is 44.5. The number of rotatable bonds is 10. The topological polar surface area (TPSA) is 149 Å². The molecule has 0 bridgehead atoms. The van der Waals surface area contributed by atoms with Crippen LogP contribution in [0.2, 0.25) is 0 Å². The highest BCUT2D eigenvalue weighted by Gasteiger charge is 2.55. The Labute approximate surface area is 206 Å². The minimum Gasteiger partial charge on any atom is -0.468 e. The molecular weight excluding hydrogens is 500 g/mol. The van der Waals surface area contributed by atoms with Crippen LogP contribution in [0.1, 0.15) is 27.0 Å². The van der Waals surface area contributed by atoms with Gasteiger partial charge in [0.2, 0.25) is 0 Å². The number of benzene rings is 1. The second kappa shape index (κ2) is 11.5. The van der Waals surface area contributed by atoms with Crippen molar-refractivity contribution in [1.29, 1.82) is 0 Å². The number of H-pyrrole nitrogens is 1. The summed E-state index contributed by atoms with van der Waals surface area (Å²) in [6, 6.07) is 8.16. The number of hydrogen-bond acceptors (Lipinski definition) is 9. The number of halogens is 1. The smallest absolute Gasteiger partial charge is 0.330 e. The summed E-state index contributed by atoms with van der Waals surface area (Å²) in [6.07, 6.45) is -3.67. The molecule has 2 N–H and O–H groups in total. The molecule has 1 aromatic carbocycles. The van der Waals surface area contributed by atoms with Gasteiger partial charge in [0.1, 0.15) is 18.0 Å². The molecule has 36 heavy (non-hydrogen) atoms. The van der Waals surface area contributed by atoms with Gasteiger partial charge in [-0.15, -0.1) is 0 Å². The third-order valence-electron chi connectivity index (χ3n) is 5.65. The van der Waals surface area contributed by atoms with Crippen molar-refractivity contribution in [2.75, 3.05) is 13.7 Å². The summed E-state index contributed by atoms with van der Waals surface area (Å²) in [5.41, 5.74) is -4.07. The monoisotopic (exact) mass is 529 g/mol. The van der Waals surface area contributed by atoms with Gasteiger partial charge in [-0.3, -0.25) is 23.7 Å². The first-order chi connectivity index (χ1) is 17.0. The normalized spacial score (nSPS) is 25.6. The van der Waals surface area contributed by atoms with E-state index < -0.39 is 68.1 Å². The fourth-order valence-electron chi connectivity index (χ4n) is 3.74. The van der Waals surface area contributed by atoms with E-state index in [-0.39, 0.29) is 5.75 Å². The lowest BCUT2D eigenvalue weighted by Gasteiger charge is -2.30. The molecule has 0 saturated carbocycles. The number of hydroxylamine groups is 1. The summed E-state index contributed by atoms with van der Waals surface area (Å²) in [6.45, 7) is 3.86. The Morgan fingerprint density at radius 3 is 2.56 bits per heavy atom. The van der Waals surface area contributed by atoms with Crippen molar-refractivity contribution in [3.8, 4) is 5.75 Å². The van der Waals surface area contributed by atoms with E-state index in [2.05, 4.69) is 0 Å². The number of aliphatic hydroxyl groups is 1. The molecule has 2 heterocycles. The first-order valence-corrected chi connectivity index (χ1v) is 12.3. The van der Waals surface area contributed by atoms with Crippen LogP contribution in [0, 0.1) is 5.92 Å². The highest BCUT2D eigenvalue weighted by Crippen LogP contribution is 2.42. The maximum Gasteiger partial charge on any atom is 0.330 e. The van der Waals surface area contributed by atoms with Crippen molar-refractivity contribution in [2.24, 2.45) is 5.92 Å². The van der Waals surface area contributed by atoms with Crippen molar-refractivity contribution < 1.29 is 37.7 Å². The van der Waals surface area contributed by atoms with E-state index in [9.17, 15) is 24.1 Å². The maximum absolute atomic E-state index is 15.4. The van der Waals surface area contributed by atoms with Gasteiger partial charge in [-0.05, 0) is 25.0 Å². The zero-order valence-corrected chi connectivity index (χ0v) is 21.1. The number of methoxy groups -OCH3 is 1. The predicted octanol–water partition coefficient (Wildman–Crippen LogP) is 1.42. The van der Waals surface area contributed by atoms with Gasteiger partial charge >= 0.3 is 11.7 Å². The average Bonchev–Trinajstić information content (AvgIpc) is 3.05. The van der Waals surface area contributed by atoms with Gasteiger partial charge in [-0.2, -0.15) is 0 Å². The van der Waals surface area contributed by atoms with Gasteiger partial charge in [0.15, 0.2) is 17.9 Å². The summed E-state index contributed by atoms with van der Waals surface area (Å²) >= 11 is 0. The van der Waals surface area contributed by atoms with E-state index in [0.29, 0.717) is 0 Å². The van der Waals surface area contributed by atoms with E-state index in [1.807, 2.05) is 4.98 Å². The molecule has 1 aliphatic heterocycles. The Morgan fingerprint density at radius 2 is 1.97 bits per heavy atom. The molecule has 2 aromatic rings. The largest absolute Gasteiger partial charge is 0.468 e. The number of alkyl halides is 1. The Kier molecular flexibility index (Phi) is 8.85. The number of esters is 1. The molecule has 2 unspecified atom stereocenters. The Morgan fingerprint density at radius 1 is 1.31 bits per heavy atom. The number of hydrogen-bond donors (Lipinski definition) is 2. The van der Waals surface area contributed by atoms with E-state index in [1.165, 1.54) is 7.11 Å². The first-order valence-electron chi connectivity index (χ1n) is 11.1. The van der Waals surface area contributed by atoms with Gasteiger partial charge in [0, 0.05) is 12.3 Å². The van der Waals surface area contributed by atoms with Crippen molar-refractivity contribution in [2.45, 2.75) is 50.9 Å². The van der Waals surface area contributed by atoms with E-state index in [0.717, 1.165) is 28.6 Å². The molecular formula is C22H29FN3O9P. The molecule has 14 heteroatoms. The van der Waals surface area contributed by atoms with Crippen molar-refractivity contribution >= 4 is 14.1 Å². The van der Waals surface area contributed by atoms with E-state index >= 15 is 4.39 Å². The predicted molar refractivity (Wildman–Crippen MR) is 125 cm³/mol. The molecule has 0 radical (unpaired) electrons. The van der Waals surface area contributed by atoms with Gasteiger partial charge in [-0.25, -0.2) is 9.18 Å². The molecule has 0 aliphatic carbocycles. The lowest BCUT2D eigenvalue weighted by Crippen LogP contribution is -2.44. The van der Waals surface area contributed by atoms with Crippen LogP contribution in [0.4, 0.5) is 4.39 Å².